The molecular weight excluding hydrogens is 170 g/mol. The van der Waals surface area contributed by atoms with Gasteiger partial charge in [-0.3, -0.25) is 0 Å². The second-order valence-corrected chi connectivity index (χ2v) is 4.22. The van der Waals surface area contributed by atoms with Crippen molar-refractivity contribution in [3.63, 3.8) is 0 Å². The van der Waals surface area contributed by atoms with Crippen molar-refractivity contribution >= 4 is 0 Å². The fraction of sp³-hybridized carbons (Fsp3) is 0.846. The van der Waals surface area contributed by atoms with Crippen molar-refractivity contribution in [3.8, 4) is 0 Å². The SMILES string of the molecule is C/C=C\C(N)CC(CCC)CCCC. The van der Waals surface area contributed by atoms with Crippen molar-refractivity contribution in [2.24, 2.45) is 11.7 Å². The number of hydrogen-bond donors (Lipinski definition) is 1. The molecule has 0 fully saturated rings. The van der Waals surface area contributed by atoms with Gasteiger partial charge < -0.3 is 5.73 Å². The molecule has 14 heavy (non-hydrogen) atoms. The first-order valence-electron chi connectivity index (χ1n) is 6.12. The van der Waals surface area contributed by atoms with E-state index in [1.54, 1.807) is 0 Å². The molecule has 1 heteroatoms. The zero-order chi connectivity index (χ0) is 10.8. The molecule has 84 valence electrons. The molecule has 0 aliphatic heterocycles. The van der Waals surface area contributed by atoms with Crippen LogP contribution < -0.4 is 5.73 Å². The van der Waals surface area contributed by atoms with Gasteiger partial charge in [-0.05, 0) is 19.3 Å². The maximum atomic E-state index is 6.00. The maximum Gasteiger partial charge on any atom is 0.0226 e. The molecule has 0 aromatic heterocycles. The Morgan fingerprint density at radius 2 is 1.86 bits per heavy atom. The molecule has 0 aliphatic carbocycles. The van der Waals surface area contributed by atoms with Crippen LogP contribution in [-0.2, 0) is 0 Å². The van der Waals surface area contributed by atoms with Crippen LogP contribution >= 0.6 is 0 Å². The lowest BCUT2D eigenvalue weighted by Gasteiger charge is -2.18. The molecule has 0 bridgehead atoms. The highest BCUT2D eigenvalue weighted by Gasteiger charge is 2.10. The first kappa shape index (κ1) is 13.7. The zero-order valence-electron chi connectivity index (χ0n) is 10.1. The van der Waals surface area contributed by atoms with E-state index in [9.17, 15) is 0 Å². The van der Waals surface area contributed by atoms with Crippen molar-refractivity contribution in [2.75, 3.05) is 0 Å². The molecular formula is C13H27N. The number of rotatable bonds is 8. The highest BCUT2D eigenvalue weighted by Crippen LogP contribution is 2.20. The third-order valence-electron chi connectivity index (χ3n) is 2.71. The van der Waals surface area contributed by atoms with E-state index in [4.69, 9.17) is 5.73 Å². The monoisotopic (exact) mass is 197 g/mol. The third-order valence-corrected chi connectivity index (χ3v) is 2.71. The molecule has 2 unspecified atom stereocenters. The van der Waals surface area contributed by atoms with Gasteiger partial charge in [0, 0.05) is 6.04 Å². The van der Waals surface area contributed by atoms with Crippen molar-refractivity contribution in [2.45, 2.75) is 65.3 Å². The molecule has 0 aliphatic rings. The fourth-order valence-corrected chi connectivity index (χ4v) is 1.99. The summed E-state index contributed by atoms with van der Waals surface area (Å²) in [5, 5.41) is 0. The predicted molar refractivity (Wildman–Crippen MR) is 65.3 cm³/mol. The molecule has 0 saturated carbocycles. The smallest absolute Gasteiger partial charge is 0.0226 e. The van der Waals surface area contributed by atoms with Crippen LogP contribution in [0.4, 0.5) is 0 Å². The zero-order valence-corrected chi connectivity index (χ0v) is 10.1. The van der Waals surface area contributed by atoms with Gasteiger partial charge in [0.05, 0.1) is 0 Å². The number of nitrogens with two attached hydrogens (primary N) is 1. The van der Waals surface area contributed by atoms with Crippen LogP contribution in [0.3, 0.4) is 0 Å². The van der Waals surface area contributed by atoms with Crippen molar-refractivity contribution < 1.29 is 0 Å². The van der Waals surface area contributed by atoms with E-state index in [1.165, 1.54) is 32.1 Å². The van der Waals surface area contributed by atoms with Crippen LogP contribution in [0.2, 0.25) is 0 Å². The lowest BCUT2D eigenvalue weighted by molar-refractivity contribution is 0.387. The van der Waals surface area contributed by atoms with E-state index >= 15 is 0 Å². The summed E-state index contributed by atoms with van der Waals surface area (Å²) in [6.07, 6.45) is 12.0. The third kappa shape index (κ3) is 7.14. The lowest BCUT2D eigenvalue weighted by Crippen LogP contribution is -2.21. The highest BCUT2D eigenvalue weighted by molar-refractivity contribution is 4.89. The topological polar surface area (TPSA) is 26.0 Å². The Morgan fingerprint density at radius 3 is 2.36 bits per heavy atom. The van der Waals surface area contributed by atoms with Crippen LogP contribution in [0, 0.1) is 5.92 Å². The van der Waals surface area contributed by atoms with E-state index in [-0.39, 0.29) is 6.04 Å². The first-order valence-corrected chi connectivity index (χ1v) is 6.12. The Kier molecular flexibility index (Phi) is 9.06. The van der Waals surface area contributed by atoms with Gasteiger partial charge >= 0.3 is 0 Å². The van der Waals surface area contributed by atoms with Gasteiger partial charge in [0.15, 0.2) is 0 Å². The summed E-state index contributed by atoms with van der Waals surface area (Å²) in [5.41, 5.74) is 6.00. The van der Waals surface area contributed by atoms with E-state index in [0.717, 1.165) is 12.3 Å². The van der Waals surface area contributed by atoms with E-state index in [2.05, 4.69) is 26.0 Å². The average molecular weight is 197 g/mol. The number of unbranched alkanes of at least 4 members (excludes halogenated alkanes) is 1. The van der Waals surface area contributed by atoms with Crippen LogP contribution in [0.25, 0.3) is 0 Å². The van der Waals surface area contributed by atoms with Gasteiger partial charge in [-0.2, -0.15) is 0 Å². The second-order valence-electron chi connectivity index (χ2n) is 4.22. The summed E-state index contributed by atoms with van der Waals surface area (Å²) in [6.45, 7) is 6.57. The van der Waals surface area contributed by atoms with Gasteiger partial charge in [0.2, 0.25) is 0 Å². The maximum absolute atomic E-state index is 6.00. The molecule has 0 aromatic carbocycles. The Labute approximate surface area is 89.8 Å². The van der Waals surface area contributed by atoms with Gasteiger partial charge in [0.1, 0.15) is 0 Å². The average Bonchev–Trinajstić information content (AvgIpc) is 2.15. The minimum Gasteiger partial charge on any atom is -0.324 e. The summed E-state index contributed by atoms with van der Waals surface area (Å²) in [5.74, 6) is 0.839. The van der Waals surface area contributed by atoms with Gasteiger partial charge in [-0.1, -0.05) is 58.1 Å². The van der Waals surface area contributed by atoms with Crippen LogP contribution in [-0.4, -0.2) is 6.04 Å². The normalized spacial score (nSPS) is 16.0. The van der Waals surface area contributed by atoms with Gasteiger partial charge in [-0.15, -0.1) is 0 Å². The summed E-state index contributed by atoms with van der Waals surface area (Å²) in [7, 11) is 0. The summed E-state index contributed by atoms with van der Waals surface area (Å²) < 4.78 is 0. The Balaban J connectivity index is 3.81. The predicted octanol–water partition coefficient (Wildman–Crippen LogP) is 3.89. The molecule has 1 nitrogen and oxygen atoms in total. The highest BCUT2D eigenvalue weighted by atomic mass is 14.6. The molecule has 0 aromatic rings. The molecule has 0 heterocycles. The van der Waals surface area contributed by atoms with Crippen molar-refractivity contribution in [1.29, 1.82) is 0 Å². The standard InChI is InChI=1S/C13H27N/c1-4-7-10-12(8-5-2)11-13(14)9-6-3/h6,9,12-13H,4-5,7-8,10-11,14H2,1-3H3/b9-6-. The first-order chi connectivity index (χ1) is 6.74. The quantitative estimate of drug-likeness (QED) is 0.587. The van der Waals surface area contributed by atoms with E-state index in [1.807, 2.05) is 6.92 Å². The summed E-state index contributed by atoms with van der Waals surface area (Å²) >= 11 is 0. The van der Waals surface area contributed by atoms with Crippen LogP contribution in [0.5, 0.6) is 0 Å². The van der Waals surface area contributed by atoms with E-state index in [0.29, 0.717) is 0 Å². The molecule has 0 rings (SSSR count). The Bertz CT molecular complexity index is 140. The summed E-state index contributed by atoms with van der Waals surface area (Å²) in [6, 6.07) is 0.272. The molecule has 0 amide bonds. The molecule has 2 atom stereocenters. The van der Waals surface area contributed by atoms with E-state index < -0.39 is 0 Å². The van der Waals surface area contributed by atoms with Crippen LogP contribution in [0.1, 0.15) is 59.3 Å². The minimum atomic E-state index is 0.272. The lowest BCUT2D eigenvalue weighted by atomic mass is 9.90. The van der Waals surface area contributed by atoms with Crippen LogP contribution in [0.15, 0.2) is 12.2 Å². The Hall–Kier alpha value is -0.300. The fourth-order valence-electron chi connectivity index (χ4n) is 1.99. The van der Waals surface area contributed by atoms with Gasteiger partial charge in [-0.25, -0.2) is 0 Å². The molecule has 2 N–H and O–H groups in total. The number of hydrogen-bond acceptors (Lipinski definition) is 1. The largest absolute Gasteiger partial charge is 0.324 e. The molecule has 0 saturated heterocycles. The second kappa shape index (κ2) is 9.26. The minimum absolute atomic E-state index is 0.272. The summed E-state index contributed by atoms with van der Waals surface area (Å²) in [4.78, 5) is 0. The number of allylic oxidation sites excluding steroid dienone is 1. The Morgan fingerprint density at radius 1 is 1.14 bits per heavy atom. The van der Waals surface area contributed by atoms with Gasteiger partial charge in [0.25, 0.3) is 0 Å². The molecule has 0 spiro atoms. The van der Waals surface area contributed by atoms with Crippen molar-refractivity contribution in [1.82, 2.24) is 0 Å². The molecule has 0 radical (unpaired) electrons. The van der Waals surface area contributed by atoms with Crippen molar-refractivity contribution in [3.05, 3.63) is 12.2 Å².